The number of hydrogen-bond donors (Lipinski definition) is 0. The Morgan fingerprint density at radius 1 is 1.75 bits per heavy atom. The molecule has 0 aliphatic carbocycles. The van der Waals surface area contributed by atoms with Gasteiger partial charge >= 0.3 is 7.60 Å². The average Bonchev–Trinajstić information content (AvgIpc) is 2.02. The molecule has 0 amide bonds. The summed E-state index contributed by atoms with van der Waals surface area (Å²) in [5.41, 5.74) is -0.658. The number of carbonyl (C=O) groups is 1. The zero-order valence-electron chi connectivity index (χ0n) is 6.86. The summed E-state index contributed by atoms with van der Waals surface area (Å²) in [4.78, 5) is 11.0. The van der Waals surface area contributed by atoms with E-state index in [4.69, 9.17) is 9.05 Å². The molecule has 0 spiro atoms. The normalized spacial score (nSPS) is 35.9. The average molecular weight is 190 g/mol. The van der Waals surface area contributed by atoms with Gasteiger partial charge < -0.3 is 4.52 Å². The van der Waals surface area contributed by atoms with Crippen molar-refractivity contribution in [3.8, 4) is 0 Å². The van der Waals surface area contributed by atoms with Crippen molar-refractivity contribution in [1.29, 1.82) is 0 Å². The minimum absolute atomic E-state index is 0.187. The van der Waals surface area contributed by atoms with Gasteiger partial charge in [0.2, 0.25) is 0 Å². The second-order valence-corrected chi connectivity index (χ2v) is 4.48. The van der Waals surface area contributed by atoms with E-state index in [9.17, 15) is 9.36 Å². The molecule has 1 rings (SSSR count). The number of rotatable bonds is 2. The standard InChI is InChI=1S/C7H11O4P/c1-3-7(8)12(9)10-5-4-6(2)11-12/h3,6H,1,4-5H2,2H3. The molecular weight excluding hydrogens is 179 g/mol. The van der Waals surface area contributed by atoms with Crippen molar-refractivity contribution >= 4 is 13.1 Å². The molecule has 0 bridgehead atoms. The Labute approximate surface area is 71.1 Å². The highest BCUT2D eigenvalue weighted by Gasteiger charge is 2.37. The Morgan fingerprint density at radius 2 is 2.42 bits per heavy atom. The Balaban J connectivity index is 2.76. The van der Waals surface area contributed by atoms with E-state index >= 15 is 0 Å². The molecule has 1 aliphatic rings. The first-order chi connectivity index (χ1) is 5.58. The largest absolute Gasteiger partial charge is 0.401 e. The number of carbonyl (C=O) groups excluding carboxylic acids is 1. The predicted molar refractivity (Wildman–Crippen MR) is 43.9 cm³/mol. The zero-order chi connectivity index (χ0) is 9.19. The fraction of sp³-hybridized carbons (Fsp3) is 0.571. The van der Waals surface area contributed by atoms with E-state index in [-0.39, 0.29) is 6.10 Å². The van der Waals surface area contributed by atoms with E-state index in [2.05, 4.69) is 6.58 Å². The molecule has 0 aromatic carbocycles. The summed E-state index contributed by atoms with van der Waals surface area (Å²) in [7, 11) is -3.52. The SMILES string of the molecule is C=CC(=O)P1(=O)OCCC(C)O1. The highest BCUT2D eigenvalue weighted by Crippen LogP contribution is 2.53. The van der Waals surface area contributed by atoms with Gasteiger partial charge in [-0.25, -0.2) is 0 Å². The summed E-state index contributed by atoms with van der Waals surface area (Å²) in [6.07, 6.45) is 1.45. The number of allylic oxidation sites excluding steroid dienone is 1. The molecule has 5 heteroatoms. The monoisotopic (exact) mass is 190 g/mol. The van der Waals surface area contributed by atoms with E-state index in [0.29, 0.717) is 13.0 Å². The van der Waals surface area contributed by atoms with Gasteiger partial charge in [0.15, 0.2) is 0 Å². The third-order valence-corrected chi connectivity index (χ3v) is 3.43. The molecule has 12 heavy (non-hydrogen) atoms. The Kier molecular flexibility index (Phi) is 2.83. The maximum Gasteiger partial charge on any atom is 0.401 e. The van der Waals surface area contributed by atoms with Gasteiger partial charge in [-0.15, -0.1) is 0 Å². The smallest absolute Gasteiger partial charge is 0.303 e. The topological polar surface area (TPSA) is 52.6 Å². The Bertz CT molecular complexity index is 248. The summed E-state index contributed by atoms with van der Waals surface area (Å²) in [5.74, 6) is 0. The molecule has 1 heterocycles. The first kappa shape index (κ1) is 9.65. The van der Waals surface area contributed by atoms with Gasteiger partial charge in [-0.05, 0) is 19.4 Å². The van der Waals surface area contributed by atoms with Crippen molar-refractivity contribution in [2.75, 3.05) is 6.61 Å². The van der Waals surface area contributed by atoms with Crippen LogP contribution in [0.2, 0.25) is 0 Å². The quantitative estimate of drug-likeness (QED) is 0.491. The van der Waals surface area contributed by atoms with Crippen molar-refractivity contribution in [3.63, 3.8) is 0 Å². The minimum Gasteiger partial charge on any atom is -0.303 e. The van der Waals surface area contributed by atoms with E-state index in [0.717, 1.165) is 6.08 Å². The molecule has 0 N–H and O–H groups in total. The zero-order valence-corrected chi connectivity index (χ0v) is 7.75. The van der Waals surface area contributed by atoms with E-state index in [1.54, 1.807) is 6.92 Å². The highest BCUT2D eigenvalue weighted by molar-refractivity contribution is 7.72. The Hall–Kier alpha value is -0.440. The lowest BCUT2D eigenvalue weighted by molar-refractivity contribution is -0.110. The first-order valence-electron chi connectivity index (χ1n) is 3.68. The van der Waals surface area contributed by atoms with Crippen LogP contribution in [0.5, 0.6) is 0 Å². The van der Waals surface area contributed by atoms with Crippen LogP contribution in [-0.2, 0) is 18.4 Å². The van der Waals surface area contributed by atoms with Crippen LogP contribution in [-0.4, -0.2) is 18.2 Å². The summed E-state index contributed by atoms with van der Waals surface area (Å²) in [5, 5.41) is 0. The Morgan fingerprint density at radius 3 is 2.92 bits per heavy atom. The molecule has 4 nitrogen and oxygen atoms in total. The highest BCUT2D eigenvalue weighted by atomic mass is 31.2. The van der Waals surface area contributed by atoms with Crippen molar-refractivity contribution in [2.45, 2.75) is 19.4 Å². The van der Waals surface area contributed by atoms with Gasteiger partial charge in [0.25, 0.3) is 5.52 Å². The second-order valence-electron chi connectivity index (χ2n) is 2.58. The van der Waals surface area contributed by atoms with Crippen LogP contribution < -0.4 is 0 Å². The van der Waals surface area contributed by atoms with Crippen LogP contribution in [0.3, 0.4) is 0 Å². The van der Waals surface area contributed by atoms with E-state index in [1.165, 1.54) is 0 Å². The molecule has 1 saturated heterocycles. The van der Waals surface area contributed by atoms with Crippen LogP contribution in [0, 0.1) is 0 Å². The molecular formula is C7H11O4P. The molecule has 0 aromatic heterocycles. The lowest BCUT2D eigenvalue weighted by atomic mass is 10.3. The van der Waals surface area contributed by atoms with Gasteiger partial charge in [0.05, 0.1) is 12.7 Å². The summed E-state index contributed by atoms with van der Waals surface area (Å²) >= 11 is 0. The third kappa shape index (κ3) is 1.83. The van der Waals surface area contributed by atoms with Gasteiger partial charge in [-0.1, -0.05) is 6.58 Å². The molecule has 0 aromatic rings. The lowest BCUT2D eigenvalue weighted by Crippen LogP contribution is -2.20. The van der Waals surface area contributed by atoms with E-state index in [1.807, 2.05) is 0 Å². The lowest BCUT2D eigenvalue weighted by Gasteiger charge is -2.25. The van der Waals surface area contributed by atoms with Crippen LogP contribution in [0.15, 0.2) is 12.7 Å². The summed E-state index contributed by atoms with van der Waals surface area (Å²) in [6, 6.07) is 0. The molecule has 1 fully saturated rings. The van der Waals surface area contributed by atoms with Gasteiger partial charge in [-0.2, -0.15) is 0 Å². The number of hydrogen-bond acceptors (Lipinski definition) is 4. The first-order valence-corrected chi connectivity index (χ1v) is 5.23. The summed E-state index contributed by atoms with van der Waals surface area (Å²) in [6.45, 7) is 5.28. The van der Waals surface area contributed by atoms with Gasteiger partial charge in [0, 0.05) is 0 Å². The fourth-order valence-electron chi connectivity index (χ4n) is 0.886. The van der Waals surface area contributed by atoms with Crippen LogP contribution in [0.25, 0.3) is 0 Å². The third-order valence-electron chi connectivity index (χ3n) is 1.55. The predicted octanol–water partition coefficient (Wildman–Crippen LogP) is 1.72. The molecule has 68 valence electrons. The van der Waals surface area contributed by atoms with Crippen molar-refractivity contribution in [3.05, 3.63) is 12.7 Å². The summed E-state index contributed by atoms with van der Waals surface area (Å²) < 4.78 is 21.2. The van der Waals surface area contributed by atoms with Crippen molar-refractivity contribution in [2.24, 2.45) is 0 Å². The van der Waals surface area contributed by atoms with Crippen molar-refractivity contribution in [1.82, 2.24) is 0 Å². The molecule has 0 saturated carbocycles. The molecule has 2 atom stereocenters. The fourth-order valence-corrected chi connectivity index (χ4v) is 2.33. The molecule has 2 unspecified atom stereocenters. The van der Waals surface area contributed by atoms with Crippen LogP contribution >= 0.6 is 7.60 Å². The second kappa shape index (κ2) is 3.52. The maximum absolute atomic E-state index is 11.5. The van der Waals surface area contributed by atoms with Crippen LogP contribution in [0.4, 0.5) is 0 Å². The molecule has 1 aliphatic heterocycles. The minimum atomic E-state index is -3.52. The maximum atomic E-state index is 11.5. The van der Waals surface area contributed by atoms with Crippen LogP contribution in [0.1, 0.15) is 13.3 Å². The van der Waals surface area contributed by atoms with Gasteiger partial charge in [-0.3, -0.25) is 13.9 Å². The molecule has 0 radical (unpaired) electrons. The van der Waals surface area contributed by atoms with Crippen molar-refractivity contribution < 1.29 is 18.4 Å². The van der Waals surface area contributed by atoms with Gasteiger partial charge in [0.1, 0.15) is 0 Å². The van der Waals surface area contributed by atoms with E-state index < -0.39 is 13.1 Å².